The Bertz CT molecular complexity index is 770. The number of fused-ring (bicyclic) bond motifs is 1. The Morgan fingerprint density at radius 2 is 2.08 bits per heavy atom. The minimum absolute atomic E-state index is 0. The molecule has 3 N–H and O–H groups in total. The molecule has 1 atom stereocenters. The first-order chi connectivity index (χ1) is 11.1. The van der Waals surface area contributed by atoms with Crippen LogP contribution >= 0.6 is 12.4 Å². The summed E-state index contributed by atoms with van der Waals surface area (Å²) in [5.74, 6) is 1.27. The number of aromatic nitrogens is 2. The van der Waals surface area contributed by atoms with Gasteiger partial charge in [0.25, 0.3) is 11.8 Å². The van der Waals surface area contributed by atoms with E-state index >= 15 is 0 Å². The molecule has 1 aliphatic heterocycles. The number of benzene rings is 1. The molecule has 1 amide bonds. The number of anilines is 1. The first kappa shape index (κ1) is 16.7. The van der Waals surface area contributed by atoms with Crippen molar-refractivity contribution >= 4 is 24.0 Å². The van der Waals surface area contributed by atoms with E-state index in [0.29, 0.717) is 28.7 Å². The topological polar surface area (TPSA) is 103 Å². The van der Waals surface area contributed by atoms with Crippen LogP contribution in [-0.2, 0) is 10.3 Å². The molecule has 1 saturated carbocycles. The minimum atomic E-state index is -0.568. The number of carbonyl (C=O) groups excluding carboxylic acids is 1. The lowest BCUT2D eigenvalue weighted by Crippen LogP contribution is -2.34. The summed E-state index contributed by atoms with van der Waals surface area (Å²) in [7, 11) is 0. The van der Waals surface area contributed by atoms with Gasteiger partial charge in [-0.15, -0.1) is 12.4 Å². The van der Waals surface area contributed by atoms with Gasteiger partial charge in [0.2, 0.25) is 0 Å². The highest BCUT2D eigenvalue weighted by molar-refractivity contribution is 5.99. The summed E-state index contributed by atoms with van der Waals surface area (Å²) in [6.45, 7) is 1.70. The van der Waals surface area contributed by atoms with Gasteiger partial charge in [0.05, 0.1) is 16.8 Å². The molecule has 1 fully saturated rings. The minimum Gasteiger partial charge on any atom is -0.478 e. The zero-order chi connectivity index (χ0) is 16.0. The predicted octanol–water partition coefficient (Wildman–Crippen LogP) is 2.61. The van der Waals surface area contributed by atoms with Gasteiger partial charge in [-0.25, -0.2) is 0 Å². The number of ether oxygens (including phenoxy) is 1. The van der Waals surface area contributed by atoms with Crippen LogP contribution in [0.5, 0.6) is 5.75 Å². The largest absolute Gasteiger partial charge is 0.478 e. The molecular weight excluding hydrogens is 332 g/mol. The molecule has 0 radical (unpaired) electrons. The first-order valence-electron chi connectivity index (χ1n) is 7.81. The van der Waals surface area contributed by atoms with Gasteiger partial charge < -0.3 is 20.3 Å². The lowest BCUT2D eigenvalue weighted by Gasteiger charge is -2.24. The Hall–Kier alpha value is -2.12. The fourth-order valence-electron chi connectivity index (χ4n) is 3.16. The second-order valence-corrected chi connectivity index (χ2v) is 6.22. The van der Waals surface area contributed by atoms with Crippen LogP contribution < -0.4 is 15.8 Å². The molecule has 0 spiro atoms. The molecule has 2 aromatic rings. The number of rotatable bonds is 2. The van der Waals surface area contributed by atoms with E-state index in [2.05, 4.69) is 15.5 Å². The molecule has 1 aromatic carbocycles. The zero-order valence-electron chi connectivity index (χ0n) is 13.2. The number of hydrogen-bond donors (Lipinski definition) is 2. The van der Waals surface area contributed by atoms with Gasteiger partial charge in [-0.05, 0) is 31.9 Å². The summed E-state index contributed by atoms with van der Waals surface area (Å²) < 4.78 is 11.1. The van der Waals surface area contributed by atoms with Crippen molar-refractivity contribution in [1.29, 1.82) is 0 Å². The predicted molar refractivity (Wildman–Crippen MR) is 90.0 cm³/mol. The van der Waals surface area contributed by atoms with Crippen molar-refractivity contribution in [3.8, 4) is 17.2 Å². The summed E-state index contributed by atoms with van der Waals surface area (Å²) in [5.41, 5.74) is 7.14. The number of nitrogens with zero attached hydrogens (tertiary/aromatic N) is 2. The second kappa shape index (κ2) is 6.07. The van der Waals surface area contributed by atoms with E-state index in [1.165, 1.54) is 0 Å². The molecular formula is C16H19ClN4O3. The molecule has 0 bridgehead atoms. The zero-order valence-corrected chi connectivity index (χ0v) is 14.1. The summed E-state index contributed by atoms with van der Waals surface area (Å²) in [4.78, 5) is 16.2. The standard InChI is InChI=1S/C16H18N4O3.ClH/c1-9-13(21)18-11-6-4-5-10(12(11)22-9)14-19-15(20-23-14)16(17)7-2-3-8-16;/h4-6,9H,2-3,7-8,17H2,1H3,(H,18,21);1H. The fraction of sp³-hybridized carbons (Fsp3) is 0.438. The SMILES string of the molecule is CC1Oc2c(cccc2-c2nc(C3(N)CCCC3)no2)NC1=O.Cl. The van der Waals surface area contributed by atoms with Crippen molar-refractivity contribution < 1.29 is 14.1 Å². The summed E-state index contributed by atoms with van der Waals surface area (Å²) in [6.07, 6.45) is 3.31. The summed E-state index contributed by atoms with van der Waals surface area (Å²) in [6, 6.07) is 5.42. The van der Waals surface area contributed by atoms with Gasteiger partial charge in [-0.3, -0.25) is 4.79 Å². The van der Waals surface area contributed by atoms with Crippen molar-refractivity contribution in [3.05, 3.63) is 24.0 Å². The number of hydrogen-bond acceptors (Lipinski definition) is 6. The molecule has 1 aromatic heterocycles. The molecule has 0 saturated heterocycles. The maximum Gasteiger partial charge on any atom is 0.265 e. The molecule has 7 nitrogen and oxygen atoms in total. The highest BCUT2D eigenvalue weighted by atomic mass is 35.5. The maximum atomic E-state index is 11.7. The first-order valence-corrected chi connectivity index (χ1v) is 7.81. The van der Waals surface area contributed by atoms with Crippen molar-refractivity contribution in [2.24, 2.45) is 5.73 Å². The van der Waals surface area contributed by atoms with E-state index in [9.17, 15) is 4.79 Å². The number of halogens is 1. The van der Waals surface area contributed by atoms with E-state index in [4.69, 9.17) is 15.0 Å². The number of carbonyl (C=O) groups is 1. The van der Waals surface area contributed by atoms with E-state index < -0.39 is 11.6 Å². The van der Waals surface area contributed by atoms with Crippen LogP contribution in [0.15, 0.2) is 22.7 Å². The smallest absolute Gasteiger partial charge is 0.265 e. The van der Waals surface area contributed by atoms with Gasteiger partial charge in [-0.1, -0.05) is 24.1 Å². The molecule has 1 unspecified atom stereocenters. The van der Waals surface area contributed by atoms with E-state index in [1.807, 2.05) is 12.1 Å². The van der Waals surface area contributed by atoms with Crippen LogP contribution in [-0.4, -0.2) is 22.2 Å². The van der Waals surface area contributed by atoms with Crippen LogP contribution in [0, 0.1) is 0 Å². The second-order valence-electron chi connectivity index (χ2n) is 6.22. The van der Waals surface area contributed by atoms with E-state index in [-0.39, 0.29) is 18.3 Å². The van der Waals surface area contributed by atoms with Crippen LogP contribution in [0.2, 0.25) is 0 Å². The third-order valence-electron chi connectivity index (χ3n) is 4.53. The fourth-order valence-corrected chi connectivity index (χ4v) is 3.16. The maximum absolute atomic E-state index is 11.7. The molecule has 4 rings (SSSR count). The third kappa shape index (κ3) is 2.63. The number of nitrogens with one attached hydrogen (secondary N) is 1. The highest BCUT2D eigenvalue weighted by Crippen LogP contribution is 2.40. The van der Waals surface area contributed by atoms with Crippen LogP contribution in [0.1, 0.15) is 38.4 Å². The molecule has 128 valence electrons. The van der Waals surface area contributed by atoms with Crippen molar-refractivity contribution in [1.82, 2.24) is 10.1 Å². The number of nitrogens with two attached hydrogens (primary N) is 1. The molecule has 2 aliphatic rings. The Morgan fingerprint density at radius 3 is 2.83 bits per heavy atom. The van der Waals surface area contributed by atoms with Crippen molar-refractivity contribution in [3.63, 3.8) is 0 Å². The van der Waals surface area contributed by atoms with Crippen LogP contribution in [0.4, 0.5) is 5.69 Å². The van der Waals surface area contributed by atoms with Gasteiger partial charge in [0.15, 0.2) is 17.7 Å². The Balaban J connectivity index is 0.00000169. The summed E-state index contributed by atoms with van der Waals surface area (Å²) >= 11 is 0. The Kier molecular flexibility index (Phi) is 4.23. The van der Waals surface area contributed by atoms with Crippen molar-refractivity contribution in [2.75, 3.05) is 5.32 Å². The van der Waals surface area contributed by atoms with Crippen LogP contribution in [0.3, 0.4) is 0 Å². The average molecular weight is 351 g/mol. The highest BCUT2D eigenvalue weighted by Gasteiger charge is 2.36. The quantitative estimate of drug-likeness (QED) is 0.862. The monoisotopic (exact) mass is 350 g/mol. The molecule has 8 heteroatoms. The lowest BCUT2D eigenvalue weighted by molar-refractivity contribution is -0.122. The average Bonchev–Trinajstić information content (AvgIpc) is 3.18. The van der Waals surface area contributed by atoms with Gasteiger partial charge in [0, 0.05) is 0 Å². The number of para-hydroxylation sites is 1. The van der Waals surface area contributed by atoms with E-state index in [1.54, 1.807) is 13.0 Å². The number of amides is 1. The van der Waals surface area contributed by atoms with Gasteiger partial charge >= 0.3 is 0 Å². The normalized spacial score (nSPS) is 21.4. The Labute approximate surface area is 145 Å². The lowest BCUT2D eigenvalue weighted by atomic mass is 9.98. The Morgan fingerprint density at radius 1 is 1.33 bits per heavy atom. The summed E-state index contributed by atoms with van der Waals surface area (Å²) in [5, 5.41) is 6.89. The van der Waals surface area contributed by atoms with Crippen molar-refractivity contribution in [2.45, 2.75) is 44.2 Å². The third-order valence-corrected chi connectivity index (χ3v) is 4.53. The van der Waals surface area contributed by atoms with Gasteiger partial charge in [0.1, 0.15) is 0 Å². The van der Waals surface area contributed by atoms with E-state index in [0.717, 1.165) is 25.7 Å². The molecule has 24 heavy (non-hydrogen) atoms. The molecule has 2 heterocycles. The van der Waals surface area contributed by atoms with Crippen LogP contribution in [0.25, 0.3) is 11.5 Å². The van der Waals surface area contributed by atoms with Gasteiger partial charge in [-0.2, -0.15) is 4.98 Å². The molecule has 1 aliphatic carbocycles.